The fraction of sp³-hybridized carbons (Fsp3) is 0.625. The summed E-state index contributed by atoms with van der Waals surface area (Å²) in [5, 5.41) is 2.41. The first kappa shape index (κ1) is 12.0. The van der Waals surface area contributed by atoms with Crippen molar-refractivity contribution in [1.82, 2.24) is 5.32 Å². The van der Waals surface area contributed by atoms with E-state index < -0.39 is 27.0 Å². The van der Waals surface area contributed by atoms with Gasteiger partial charge in [0.05, 0.1) is 5.54 Å². The van der Waals surface area contributed by atoms with Gasteiger partial charge in [-0.3, -0.25) is 4.79 Å². The minimum atomic E-state index is -3.28. The maximum Gasteiger partial charge on any atom is 0.236 e. The molecule has 0 aliphatic rings. The molecule has 0 atom stereocenters. The van der Waals surface area contributed by atoms with Crippen molar-refractivity contribution in [1.29, 1.82) is 0 Å². The number of hydrogen-bond donors (Lipinski definition) is 1. The van der Waals surface area contributed by atoms with Crippen LogP contribution >= 0.6 is 0 Å². The predicted molar refractivity (Wildman–Crippen MR) is 50.8 cm³/mol. The molecule has 0 aliphatic carbocycles. The maximum atomic E-state index is 11.0. The molecule has 4 nitrogen and oxygen atoms in total. The van der Waals surface area contributed by atoms with E-state index in [9.17, 15) is 13.2 Å². The molecule has 0 radical (unpaired) electrons. The quantitative estimate of drug-likeness (QED) is 0.632. The Balaban J connectivity index is 4.29. The summed E-state index contributed by atoms with van der Waals surface area (Å²) in [7, 11) is -3.28. The van der Waals surface area contributed by atoms with Crippen LogP contribution in [0.2, 0.25) is 0 Å². The van der Waals surface area contributed by atoms with Crippen molar-refractivity contribution in [3.8, 4) is 12.3 Å². The molecule has 0 aliphatic heterocycles. The van der Waals surface area contributed by atoms with Crippen molar-refractivity contribution in [3.63, 3.8) is 0 Å². The van der Waals surface area contributed by atoms with Crippen molar-refractivity contribution < 1.29 is 13.2 Å². The average Bonchev–Trinajstić information content (AvgIpc) is 1.81. The summed E-state index contributed by atoms with van der Waals surface area (Å²) in [5.41, 5.74) is -0.804. The molecule has 0 aromatic heterocycles. The average molecular weight is 203 g/mol. The highest BCUT2D eigenvalue weighted by molar-refractivity contribution is 7.91. The highest BCUT2D eigenvalue weighted by Gasteiger charge is 2.19. The molecule has 0 rings (SSSR count). The summed E-state index contributed by atoms with van der Waals surface area (Å²) in [6, 6.07) is 0. The molecular formula is C8H13NO3S. The molecule has 0 heterocycles. The summed E-state index contributed by atoms with van der Waals surface area (Å²) >= 11 is 0. The first-order valence-corrected chi connectivity index (χ1v) is 5.69. The molecule has 0 saturated heterocycles. The Morgan fingerprint density at radius 2 is 2.00 bits per heavy atom. The zero-order valence-corrected chi connectivity index (χ0v) is 8.73. The van der Waals surface area contributed by atoms with Crippen LogP contribution in [0.3, 0.4) is 0 Å². The molecule has 0 saturated carbocycles. The molecule has 0 fully saturated rings. The Morgan fingerprint density at radius 1 is 1.54 bits per heavy atom. The van der Waals surface area contributed by atoms with Gasteiger partial charge in [0.2, 0.25) is 5.91 Å². The third kappa shape index (κ3) is 6.17. The summed E-state index contributed by atoms with van der Waals surface area (Å²) in [4.78, 5) is 11.0. The van der Waals surface area contributed by atoms with Crippen LogP contribution in [0.4, 0.5) is 0 Å². The Bertz CT molecular complexity index is 335. The van der Waals surface area contributed by atoms with E-state index in [2.05, 4.69) is 11.2 Å². The van der Waals surface area contributed by atoms with Gasteiger partial charge in [-0.2, -0.15) is 0 Å². The van der Waals surface area contributed by atoms with Gasteiger partial charge in [0.1, 0.15) is 5.75 Å². The molecule has 0 bridgehead atoms. The number of carbonyl (C=O) groups excluding carboxylic acids is 1. The zero-order chi connectivity index (χ0) is 10.7. The molecular weight excluding hydrogens is 190 g/mol. The van der Waals surface area contributed by atoms with E-state index in [4.69, 9.17) is 6.42 Å². The lowest BCUT2D eigenvalue weighted by atomic mass is 10.1. The van der Waals surface area contributed by atoms with Crippen LogP contribution in [0.5, 0.6) is 0 Å². The number of rotatable bonds is 3. The van der Waals surface area contributed by atoms with Crippen molar-refractivity contribution >= 4 is 15.7 Å². The van der Waals surface area contributed by atoms with Gasteiger partial charge in [0, 0.05) is 6.26 Å². The van der Waals surface area contributed by atoms with Crippen LogP contribution in [-0.4, -0.2) is 31.9 Å². The van der Waals surface area contributed by atoms with Crippen molar-refractivity contribution in [2.75, 3.05) is 12.0 Å². The lowest BCUT2D eigenvalue weighted by Crippen LogP contribution is -2.44. The molecule has 1 N–H and O–H groups in total. The number of nitrogens with one attached hydrogen (secondary N) is 1. The van der Waals surface area contributed by atoms with E-state index in [-0.39, 0.29) is 0 Å². The van der Waals surface area contributed by atoms with Gasteiger partial charge in [-0.15, -0.1) is 6.42 Å². The Kier molecular flexibility index (Phi) is 3.50. The normalized spacial score (nSPS) is 11.8. The zero-order valence-electron chi connectivity index (χ0n) is 7.92. The second kappa shape index (κ2) is 3.79. The van der Waals surface area contributed by atoms with Gasteiger partial charge in [0.15, 0.2) is 9.84 Å². The van der Waals surface area contributed by atoms with Gasteiger partial charge in [-0.05, 0) is 13.8 Å². The largest absolute Gasteiger partial charge is 0.339 e. The van der Waals surface area contributed by atoms with Crippen LogP contribution in [0.25, 0.3) is 0 Å². The molecule has 1 amide bonds. The molecule has 0 unspecified atom stereocenters. The van der Waals surface area contributed by atoms with Crippen LogP contribution in [0, 0.1) is 12.3 Å². The van der Waals surface area contributed by atoms with Crippen LogP contribution < -0.4 is 5.32 Å². The van der Waals surface area contributed by atoms with Gasteiger partial charge in [0.25, 0.3) is 0 Å². The van der Waals surface area contributed by atoms with Crippen LogP contribution in [0.15, 0.2) is 0 Å². The third-order valence-corrected chi connectivity index (χ3v) is 1.99. The molecule has 0 aromatic carbocycles. The van der Waals surface area contributed by atoms with Crippen molar-refractivity contribution in [3.05, 3.63) is 0 Å². The number of amides is 1. The number of hydrogen-bond acceptors (Lipinski definition) is 3. The summed E-state index contributed by atoms with van der Waals surface area (Å²) in [6.07, 6.45) is 6.10. The maximum absolute atomic E-state index is 11.0. The predicted octanol–water partition coefficient (Wildman–Crippen LogP) is -0.441. The first-order valence-electron chi connectivity index (χ1n) is 3.63. The van der Waals surface area contributed by atoms with E-state index in [1.165, 1.54) is 0 Å². The molecule has 0 spiro atoms. The topological polar surface area (TPSA) is 63.2 Å². The van der Waals surface area contributed by atoms with E-state index in [0.29, 0.717) is 0 Å². The van der Waals surface area contributed by atoms with Gasteiger partial charge < -0.3 is 5.32 Å². The number of carbonyl (C=O) groups is 1. The lowest BCUT2D eigenvalue weighted by Gasteiger charge is -2.18. The Labute approximate surface area is 78.6 Å². The van der Waals surface area contributed by atoms with Crippen LogP contribution in [0.1, 0.15) is 13.8 Å². The van der Waals surface area contributed by atoms with E-state index in [0.717, 1.165) is 6.26 Å². The monoisotopic (exact) mass is 203 g/mol. The smallest absolute Gasteiger partial charge is 0.236 e. The fourth-order valence-corrected chi connectivity index (χ4v) is 1.21. The molecule has 13 heavy (non-hydrogen) atoms. The molecule has 5 heteroatoms. The highest BCUT2D eigenvalue weighted by Crippen LogP contribution is 1.98. The number of sulfone groups is 1. The van der Waals surface area contributed by atoms with Gasteiger partial charge in [-0.1, -0.05) is 5.92 Å². The lowest BCUT2D eigenvalue weighted by molar-refractivity contribution is -0.119. The van der Waals surface area contributed by atoms with Crippen molar-refractivity contribution in [2.24, 2.45) is 0 Å². The van der Waals surface area contributed by atoms with E-state index >= 15 is 0 Å². The Hall–Kier alpha value is -1.02. The molecule has 0 aromatic rings. The van der Waals surface area contributed by atoms with Gasteiger partial charge in [-0.25, -0.2) is 8.42 Å². The second-order valence-electron chi connectivity index (χ2n) is 3.39. The second-order valence-corrected chi connectivity index (χ2v) is 5.53. The fourth-order valence-electron chi connectivity index (χ4n) is 0.659. The summed E-state index contributed by atoms with van der Waals surface area (Å²) in [5.74, 6) is 1.22. The standard InChI is InChI=1S/C8H13NO3S/c1-5-8(2,3)9-7(10)6-13(4,11)12/h1H,6H2,2-4H3,(H,9,10). The Morgan fingerprint density at radius 3 is 2.31 bits per heavy atom. The summed E-state index contributed by atoms with van der Waals surface area (Å²) in [6.45, 7) is 3.24. The highest BCUT2D eigenvalue weighted by atomic mass is 32.2. The third-order valence-electron chi connectivity index (χ3n) is 1.21. The number of terminal acetylenes is 1. The van der Waals surface area contributed by atoms with E-state index in [1.807, 2.05) is 0 Å². The summed E-state index contributed by atoms with van der Waals surface area (Å²) < 4.78 is 21.4. The van der Waals surface area contributed by atoms with Crippen molar-refractivity contribution in [2.45, 2.75) is 19.4 Å². The first-order chi connectivity index (χ1) is 5.66. The minimum Gasteiger partial charge on any atom is -0.339 e. The molecule has 74 valence electrons. The SMILES string of the molecule is C#CC(C)(C)NC(=O)CS(C)(=O)=O. The van der Waals surface area contributed by atoms with Gasteiger partial charge >= 0.3 is 0 Å². The van der Waals surface area contributed by atoms with Crippen LogP contribution in [-0.2, 0) is 14.6 Å². The van der Waals surface area contributed by atoms with E-state index in [1.54, 1.807) is 13.8 Å². The minimum absolute atomic E-state index is 0.530.